The number of carbonyl (C=O) groups excluding carboxylic acids is 3. The third-order valence-corrected chi connectivity index (χ3v) is 7.03. The van der Waals surface area contributed by atoms with Crippen molar-refractivity contribution in [2.24, 2.45) is 5.16 Å². The van der Waals surface area contributed by atoms with Crippen molar-refractivity contribution in [1.82, 2.24) is 15.2 Å². The molecular weight excluding hydrogens is 504 g/mol. The number of β-lactam (4-membered cyclic amide) rings is 1. The number of thioether (sulfide) groups is 1. The topological polar surface area (TPSA) is 154 Å². The Balaban J connectivity index is 1.46. The van der Waals surface area contributed by atoms with Crippen LogP contribution in [0.5, 0.6) is 0 Å². The Kier molecular flexibility index (Phi) is 7.67. The maximum Gasteiger partial charge on any atom is 0.276 e. The number of thiazole rings is 1. The Morgan fingerprint density at radius 3 is 2.86 bits per heavy atom. The molecule has 2 atom stereocenters. The maximum atomic E-state index is 12.9. The molecule has 13 heteroatoms. The highest BCUT2D eigenvalue weighted by atomic mass is 32.2. The Bertz CT molecular complexity index is 1340. The fraction of sp³-hybridized carbons (Fsp3) is 0.217. The highest BCUT2D eigenvalue weighted by Crippen LogP contribution is 2.39. The van der Waals surface area contributed by atoms with Crippen molar-refractivity contribution < 1.29 is 28.9 Å². The van der Waals surface area contributed by atoms with Gasteiger partial charge in [0.05, 0.1) is 17.7 Å². The third-order valence-electron chi connectivity index (χ3n) is 5.20. The molecule has 4 rings (SSSR count). The molecule has 2 aliphatic rings. The summed E-state index contributed by atoms with van der Waals surface area (Å²) >= 11 is 2.36. The zero-order valence-corrected chi connectivity index (χ0v) is 20.5. The van der Waals surface area contributed by atoms with Crippen LogP contribution < -0.4 is 20.7 Å². The van der Waals surface area contributed by atoms with Gasteiger partial charge in [-0.05, 0) is 18.1 Å². The molecule has 0 unspecified atom stereocenters. The zero-order chi connectivity index (χ0) is 25.7. The number of carbonyl (C=O) groups is 3. The quantitative estimate of drug-likeness (QED) is 0.154. The van der Waals surface area contributed by atoms with Crippen LogP contribution in [0.15, 0.2) is 63.9 Å². The lowest BCUT2D eigenvalue weighted by atomic mass is 9.94. The first-order valence-corrected chi connectivity index (χ1v) is 12.4. The van der Waals surface area contributed by atoms with Gasteiger partial charge in [-0.1, -0.05) is 17.1 Å². The van der Waals surface area contributed by atoms with Gasteiger partial charge in [0.15, 0.2) is 23.2 Å². The minimum atomic E-state index is -1.49. The lowest BCUT2D eigenvalue weighted by Crippen LogP contribution is -2.73. The van der Waals surface area contributed by atoms with E-state index in [9.17, 15) is 19.5 Å². The summed E-state index contributed by atoms with van der Waals surface area (Å²) in [7, 11) is 1.27. The lowest BCUT2D eigenvalue weighted by Gasteiger charge is -2.50. The maximum absolute atomic E-state index is 12.9. The monoisotopic (exact) mass is 524 g/mol. The molecule has 0 spiro atoms. The van der Waals surface area contributed by atoms with Gasteiger partial charge in [-0.2, -0.15) is 4.57 Å². The van der Waals surface area contributed by atoms with Gasteiger partial charge in [0.1, 0.15) is 18.8 Å². The van der Waals surface area contributed by atoms with Crippen LogP contribution in [0.1, 0.15) is 5.69 Å². The molecule has 11 nitrogen and oxygen atoms in total. The van der Waals surface area contributed by atoms with E-state index in [4.69, 9.17) is 10.6 Å². The predicted molar refractivity (Wildman–Crippen MR) is 131 cm³/mol. The van der Waals surface area contributed by atoms with Crippen molar-refractivity contribution in [3.63, 3.8) is 0 Å². The number of nitrogen functional groups attached to an aromatic ring is 1. The van der Waals surface area contributed by atoms with Gasteiger partial charge in [-0.25, -0.2) is 4.98 Å². The average Bonchev–Trinajstić information content (AvgIpc) is 3.31. The Morgan fingerprint density at radius 1 is 1.42 bits per heavy atom. The van der Waals surface area contributed by atoms with Crippen molar-refractivity contribution in [2.45, 2.75) is 18.6 Å². The molecule has 0 saturated carbocycles. The summed E-state index contributed by atoms with van der Waals surface area (Å²) in [6.45, 7) is 0.473. The molecule has 0 aliphatic carbocycles. The largest absolute Gasteiger partial charge is 0.543 e. The molecule has 2 aromatic rings. The summed E-state index contributed by atoms with van der Waals surface area (Å²) in [6, 6.07) is 4.18. The molecule has 4 heterocycles. The van der Waals surface area contributed by atoms with E-state index < -0.39 is 29.9 Å². The Morgan fingerprint density at radius 2 is 2.19 bits per heavy atom. The number of nitrogens with zero attached hydrogens (tertiary/aromatic N) is 4. The van der Waals surface area contributed by atoms with E-state index >= 15 is 0 Å². The van der Waals surface area contributed by atoms with Gasteiger partial charge in [-0.15, -0.1) is 23.1 Å². The molecule has 3 N–H and O–H groups in total. The van der Waals surface area contributed by atoms with Crippen molar-refractivity contribution >= 4 is 51.7 Å². The first kappa shape index (κ1) is 25.0. The molecule has 0 aromatic carbocycles. The van der Waals surface area contributed by atoms with Gasteiger partial charge >= 0.3 is 0 Å². The fourth-order valence-electron chi connectivity index (χ4n) is 3.59. The smallest absolute Gasteiger partial charge is 0.276 e. The molecule has 2 amide bonds. The molecule has 0 radical (unpaired) electrons. The van der Waals surface area contributed by atoms with Crippen molar-refractivity contribution in [1.29, 1.82) is 0 Å². The van der Waals surface area contributed by atoms with Crippen LogP contribution in [-0.4, -0.2) is 58.3 Å². The Hall–Kier alpha value is -4.15. The second-order valence-electron chi connectivity index (χ2n) is 7.43. The number of pyridine rings is 1. The number of carboxylic acids is 1. The van der Waals surface area contributed by atoms with Crippen molar-refractivity contribution in [3.05, 3.63) is 64.4 Å². The minimum absolute atomic E-state index is 0.147. The van der Waals surface area contributed by atoms with Crippen LogP contribution in [0.3, 0.4) is 0 Å². The number of oxime groups is 1. The van der Waals surface area contributed by atoms with E-state index in [1.807, 2.05) is 35.2 Å². The molecule has 0 bridgehead atoms. The molecule has 2 aliphatic heterocycles. The van der Waals surface area contributed by atoms with E-state index in [0.29, 0.717) is 17.2 Å². The predicted octanol–water partition coefficient (Wildman–Crippen LogP) is -0.973. The van der Waals surface area contributed by atoms with Crippen LogP contribution >= 0.6 is 23.1 Å². The normalized spacial score (nSPS) is 19.3. The van der Waals surface area contributed by atoms with Gasteiger partial charge in [-0.3, -0.25) is 9.59 Å². The third kappa shape index (κ3) is 5.24. The van der Waals surface area contributed by atoms with E-state index in [2.05, 4.69) is 27.3 Å². The first-order valence-electron chi connectivity index (χ1n) is 10.5. The van der Waals surface area contributed by atoms with Gasteiger partial charge in [0, 0.05) is 28.2 Å². The van der Waals surface area contributed by atoms with Crippen LogP contribution in [0.2, 0.25) is 0 Å². The number of nitrogens with one attached hydrogen (secondary N) is 1. The minimum Gasteiger partial charge on any atom is -0.543 e. The van der Waals surface area contributed by atoms with Crippen molar-refractivity contribution in [2.75, 3.05) is 18.6 Å². The lowest BCUT2D eigenvalue weighted by molar-refractivity contribution is -0.684. The van der Waals surface area contributed by atoms with Crippen LogP contribution in [0, 0.1) is 11.8 Å². The molecule has 184 valence electrons. The summed E-state index contributed by atoms with van der Waals surface area (Å²) in [5, 5.41) is 20.0. The molecular formula is C23H20N6O5S2. The van der Waals surface area contributed by atoms with Crippen LogP contribution in [0.4, 0.5) is 5.13 Å². The first-order chi connectivity index (χ1) is 17.4. The standard InChI is InChI=1S/C23H20N6O5S2/c1-34-27-17(14-12-36-23(24)25-14)20(30)26-18-15-13-35-16(19(22(32)33)29(15)21(18)31)8-4-2-5-9-28-10-6-3-7-11-28/h3-4,6-8,10-12,15,18H,9,13H2,1H3,(H3-,24,25,26,30,32,33)/b8-4+,27-17+/t15-,18+/m1/s1. The SMILES string of the molecule is CO/N=C(/C(=O)N[C@@H]1C(=O)N2C(C(=O)[O-])=C(/C=C/C#CC[n+]3ccccc3)SC[C@H]12)c1csc(N)n1. The number of hydrogen-bond acceptors (Lipinski definition) is 10. The summed E-state index contributed by atoms with van der Waals surface area (Å²) in [4.78, 5) is 47.8. The number of nitrogens with two attached hydrogens (primary N) is 1. The number of rotatable bonds is 7. The zero-order valence-electron chi connectivity index (χ0n) is 18.9. The summed E-state index contributed by atoms with van der Waals surface area (Å²) in [6.07, 6.45) is 6.84. The highest BCUT2D eigenvalue weighted by molar-refractivity contribution is 8.03. The number of amides is 2. The number of fused-ring (bicyclic) bond motifs is 1. The van der Waals surface area contributed by atoms with Crippen molar-refractivity contribution in [3.8, 4) is 11.8 Å². The summed E-state index contributed by atoms with van der Waals surface area (Å²) in [5.74, 6) is 3.43. The van der Waals surface area contributed by atoms with Gasteiger partial charge in [0.2, 0.25) is 6.54 Å². The Labute approximate surface area is 214 Å². The van der Waals surface area contributed by atoms with E-state index in [-0.39, 0.29) is 22.2 Å². The van der Waals surface area contributed by atoms with E-state index in [1.54, 1.807) is 6.08 Å². The van der Waals surface area contributed by atoms with Crippen LogP contribution in [0.25, 0.3) is 0 Å². The number of hydrogen-bond donors (Lipinski definition) is 2. The van der Waals surface area contributed by atoms with Gasteiger partial charge in [0.25, 0.3) is 11.8 Å². The number of aliphatic carboxylic acids is 1. The highest BCUT2D eigenvalue weighted by Gasteiger charge is 2.52. The average molecular weight is 525 g/mol. The molecule has 36 heavy (non-hydrogen) atoms. The number of aromatic nitrogens is 2. The van der Waals surface area contributed by atoms with Crippen LogP contribution in [-0.2, 0) is 25.8 Å². The summed E-state index contributed by atoms with van der Waals surface area (Å²) in [5.41, 5.74) is 5.44. The molecule has 2 aromatic heterocycles. The second-order valence-corrected chi connectivity index (χ2v) is 9.39. The fourth-order valence-corrected chi connectivity index (χ4v) is 5.31. The number of carboxylic acid groups (broad SMARTS) is 1. The number of allylic oxidation sites excluding steroid dienone is 2. The molecule has 1 saturated heterocycles. The number of anilines is 1. The summed E-state index contributed by atoms with van der Waals surface area (Å²) < 4.78 is 1.89. The van der Waals surface area contributed by atoms with E-state index in [0.717, 1.165) is 16.2 Å². The second kappa shape index (κ2) is 11.1. The van der Waals surface area contributed by atoms with E-state index in [1.165, 1.54) is 30.3 Å². The molecule has 1 fully saturated rings. The van der Waals surface area contributed by atoms with Gasteiger partial charge < -0.3 is 30.7 Å².